The van der Waals surface area contributed by atoms with Crippen LogP contribution in [0.2, 0.25) is 0 Å². The summed E-state index contributed by atoms with van der Waals surface area (Å²) >= 11 is 1.14. The summed E-state index contributed by atoms with van der Waals surface area (Å²) < 4.78 is 17.7. The topological polar surface area (TPSA) is 120 Å². The highest BCUT2D eigenvalue weighted by Crippen LogP contribution is 2.36. The number of benzene rings is 2. The number of nitrogens with zero attached hydrogens (tertiary/aromatic N) is 3. The van der Waals surface area contributed by atoms with Crippen molar-refractivity contribution < 1.29 is 28.3 Å². The van der Waals surface area contributed by atoms with Gasteiger partial charge in [0.15, 0.2) is 4.80 Å². The molecule has 4 aromatic rings. The van der Waals surface area contributed by atoms with Crippen LogP contribution in [-0.2, 0) is 14.3 Å². The van der Waals surface area contributed by atoms with Crippen LogP contribution in [0.25, 0.3) is 5.57 Å². The zero-order valence-corrected chi connectivity index (χ0v) is 27.3. The molecule has 2 aromatic heterocycles. The van der Waals surface area contributed by atoms with Gasteiger partial charge in [-0.25, -0.2) is 14.6 Å². The van der Waals surface area contributed by atoms with E-state index in [1.165, 1.54) is 16.9 Å². The molecular weight excluding hydrogens is 618 g/mol. The number of thiazole rings is 1. The number of anilines is 1. The Morgan fingerprint density at radius 3 is 2.43 bits per heavy atom. The van der Waals surface area contributed by atoms with Gasteiger partial charge in [0.05, 0.1) is 41.4 Å². The molecule has 4 heterocycles. The molecule has 1 amide bonds. The fourth-order valence-electron chi connectivity index (χ4n) is 6.02. The fourth-order valence-corrected chi connectivity index (χ4v) is 7.16. The first-order chi connectivity index (χ1) is 22.8. The molecule has 0 fully saturated rings. The maximum Gasteiger partial charge on any atom is 0.379 e. The van der Waals surface area contributed by atoms with Crippen molar-refractivity contribution in [3.8, 4) is 5.75 Å². The molecule has 2 aliphatic heterocycles. The molecule has 0 saturated heterocycles. The number of fused-ring (bicyclic) bond motifs is 2. The number of para-hydroxylation sites is 1. The summed E-state index contributed by atoms with van der Waals surface area (Å²) in [5.74, 6) is -1.15. The minimum Gasteiger partial charge on any atom is -0.463 e. The molecule has 242 valence electrons. The molecule has 47 heavy (non-hydrogen) atoms. The van der Waals surface area contributed by atoms with Crippen LogP contribution in [0, 0.1) is 0 Å². The van der Waals surface area contributed by atoms with Crippen LogP contribution in [0.1, 0.15) is 80.6 Å². The SMILES string of the molecule is CCCCCCCN1C(=O)/C(=c2/sc3n(c2=O)C(c2ccc(OC(=O)c4ccco4)cc2)C(C(=O)OCC)=C(C)N=3)c2ccccc21. The number of furan rings is 1. The zero-order valence-electron chi connectivity index (χ0n) is 26.5. The van der Waals surface area contributed by atoms with E-state index in [0.717, 1.165) is 49.1 Å². The second-order valence-electron chi connectivity index (χ2n) is 11.3. The zero-order chi connectivity index (χ0) is 33.1. The van der Waals surface area contributed by atoms with Crippen LogP contribution in [-0.4, -0.2) is 35.6 Å². The first-order valence-corrected chi connectivity index (χ1v) is 16.6. The molecule has 0 saturated carbocycles. The van der Waals surface area contributed by atoms with Gasteiger partial charge in [-0.2, -0.15) is 0 Å². The largest absolute Gasteiger partial charge is 0.463 e. The lowest BCUT2D eigenvalue weighted by molar-refractivity contribution is -0.139. The van der Waals surface area contributed by atoms with Crippen molar-refractivity contribution in [3.05, 3.63) is 115 Å². The number of amides is 1. The van der Waals surface area contributed by atoms with Gasteiger partial charge in [0.2, 0.25) is 5.76 Å². The summed E-state index contributed by atoms with van der Waals surface area (Å²) in [6.45, 7) is 6.28. The molecule has 1 unspecified atom stereocenters. The maximum absolute atomic E-state index is 14.4. The lowest BCUT2D eigenvalue weighted by atomic mass is 9.96. The van der Waals surface area contributed by atoms with E-state index in [0.29, 0.717) is 33.7 Å². The second-order valence-corrected chi connectivity index (χ2v) is 12.3. The van der Waals surface area contributed by atoms with E-state index in [4.69, 9.17) is 13.9 Å². The molecule has 0 N–H and O–H groups in total. The van der Waals surface area contributed by atoms with Crippen molar-refractivity contribution in [2.24, 2.45) is 4.99 Å². The number of hydrogen-bond donors (Lipinski definition) is 0. The Balaban J connectivity index is 1.43. The average Bonchev–Trinajstić information content (AvgIpc) is 3.78. The van der Waals surface area contributed by atoms with Crippen molar-refractivity contribution in [2.75, 3.05) is 18.1 Å². The van der Waals surface area contributed by atoms with Crippen LogP contribution < -0.4 is 24.5 Å². The predicted octanol–water partition coefficient (Wildman–Crippen LogP) is 5.30. The summed E-state index contributed by atoms with van der Waals surface area (Å²) in [6.07, 6.45) is 6.67. The van der Waals surface area contributed by atoms with Crippen LogP contribution in [0.3, 0.4) is 0 Å². The molecule has 0 aliphatic carbocycles. The minimum absolute atomic E-state index is 0.0590. The number of rotatable bonds is 11. The monoisotopic (exact) mass is 653 g/mol. The molecular formula is C36H35N3O7S. The van der Waals surface area contributed by atoms with Gasteiger partial charge >= 0.3 is 11.9 Å². The van der Waals surface area contributed by atoms with Gasteiger partial charge in [-0.3, -0.25) is 14.2 Å². The van der Waals surface area contributed by atoms with E-state index >= 15 is 0 Å². The average molecular weight is 654 g/mol. The Morgan fingerprint density at radius 2 is 1.70 bits per heavy atom. The molecule has 1 atom stereocenters. The Hall–Kier alpha value is -5.03. The molecule has 0 radical (unpaired) electrons. The molecule has 0 spiro atoms. The van der Waals surface area contributed by atoms with Crippen molar-refractivity contribution >= 4 is 40.4 Å². The van der Waals surface area contributed by atoms with E-state index in [1.54, 1.807) is 49.1 Å². The van der Waals surface area contributed by atoms with Gasteiger partial charge in [0.25, 0.3) is 11.5 Å². The van der Waals surface area contributed by atoms with E-state index in [-0.39, 0.29) is 34.1 Å². The van der Waals surface area contributed by atoms with Crippen molar-refractivity contribution in [3.63, 3.8) is 0 Å². The van der Waals surface area contributed by atoms with Crippen LogP contribution in [0.15, 0.2) is 92.4 Å². The van der Waals surface area contributed by atoms with Crippen LogP contribution >= 0.6 is 11.3 Å². The Kier molecular flexibility index (Phi) is 9.35. The number of ether oxygens (including phenoxy) is 2. The quantitative estimate of drug-likeness (QED) is 0.122. The van der Waals surface area contributed by atoms with E-state index in [1.807, 2.05) is 24.3 Å². The van der Waals surface area contributed by atoms with Gasteiger partial charge in [-0.1, -0.05) is 74.3 Å². The number of carbonyl (C=O) groups is 3. The van der Waals surface area contributed by atoms with Crippen molar-refractivity contribution in [1.29, 1.82) is 0 Å². The molecule has 2 aliphatic rings. The van der Waals surface area contributed by atoms with E-state index < -0.39 is 23.5 Å². The predicted molar refractivity (Wildman–Crippen MR) is 177 cm³/mol. The van der Waals surface area contributed by atoms with E-state index in [2.05, 4.69) is 11.9 Å². The highest BCUT2D eigenvalue weighted by Gasteiger charge is 2.37. The smallest absolute Gasteiger partial charge is 0.379 e. The molecule has 10 nitrogen and oxygen atoms in total. The lowest BCUT2D eigenvalue weighted by Crippen LogP contribution is -2.41. The molecule has 2 aromatic carbocycles. The fraction of sp³-hybridized carbons (Fsp3) is 0.306. The summed E-state index contributed by atoms with van der Waals surface area (Å²) in [5.41, 5.74) is 2.60. The summed E-state index contributed by atoms with van der Waals surface area (Å²) in [5, 5.41) is 0. The van der Waals surface area contributed by atoms with Gasteiger partial charge in [-0.05, 0) is 56.2 Å². The van der Waals surface area contributed by atoms with Gasteiger partial charge in [0.1, 0.15) is 10.3 Å². The summed E-state index contributed by atoms with van der Waals surface area (Å²) in [7, 11) is 0. The third-order valence-electron chi connectivity index (χ3n) is 8.26. The number of esters is 2. The third-order valence-corrected chi connectivity index (χ3v) is 9.31. The number of aromatic nitrogens is 1. The second kappa shape index (κ2) is 13.8. The summed E-state index contributed by atoms with van der Waals surface area (Å²) in [4.78, 5) is 61.0. The number of hydrogen-bond acceptors (Lipinski definition) is 9. The first kappa shape index (κ1) is 31.9. The maximum atomic E-state index is 14.4. The van der Waals surface area contributed by atoms with E-state index in [9.17, 15) is 19.2 Å². The third kappa shape index (κ3) is 6.10. The molecule has 0 bridgehead atoms. The highest BCUT2D eigenvalue weighted by molar-refractivity contribution is 7.07. The van der Waals surface area contributed by atoms with Crippen molar-refractivity contribution in [2.45, 2.75) is 58.9 Å². The summed E-state index contributed by atoms with van der Waals surface area (Å²) in [6, 6.07) is 16.3. The van der Waals surface area contributed by atoms with Gasteiger partial charge in [0, 0.05) is 12.1 Å². The number of carbonyl (C=O) groups excluding carboxylic acids is 3. The number of unbranched alkanes of at least 4 members (excludes halogenated alkanes) is 4. The van der Waals surface area contributed by atoms with Gasteiger partial charge in [-0.15, -0.1) is 0 Å². The van der Waals surface area contributed by atoms with Crippen molar-refractivity contribution in [1.82, 2.24) is 4.57 Å². The van der Waals surface area contributed by atoms with Crippen LogP contribution in [0.4, 0.5) is 5.69 Å². The van der Waals surface area contributed by atoms with Crippen LogP contribution in [0.5, 0.6) is 5.75 Å². The highest BCUT2D eigenvalue weighted by atomic mass is 32.1. The van der Waals surface area contributed by atoms with Gasteiger partial charge < -0.3 is 18.8 Å². The Bertz CT molecular complexity index is 2040. The lowest BCUT2D eigenvalue weighted by Gasteiger charge is -2.24. The minimum atomic E-state index is -0.893. The first-order valence-electron chi connectivity index (χ1n) is 15.8. The Morgan fingerprint density at radius 1 is 0.936 bits per heavy atom. The standard InChI is InChI=1S/C36H35N3O7S/c1-4-6-7-8-11-20-38-26-14-10-9-13-25(26)29(32(38)40)31-33(41)39-30(28(35(43)44-5-2)22(3)37-36(39)47-31)23-16-18-24(19-17-23)46-34(42)27-15-12-21-45-27/h9-10,12-19,21,30H,4-8,11,20H2,1-3H3/b31-29+. The molecule has 6 rings (SSSR count). The molecule has 11 heteroatoms. The Labute approximate surface area is 275 Å². The normalized spacial score (nSPS) is 16.5. The number of allylic oxidation sites excluding steroid dienone is 1.